The van der Waals surface area contributed by atoms with Crippen LogP contribution < -0.4 is 10.6 Å². The summed E-state index contributed by atoms with van der Waals surface area (Å²) < 4.78 is 0. The largest absolute Gasteiger partial charge is 0.351 e. The van der Waals surface area contributed by atoms with Crippen LogP contribution in [0, 0.1) is 0 Å². The number of carbonyl (C=O) groups excluding carboxylic acids is 1. The third-order valence-corrected chi connectivity index (χ3v) is 4.35. The Balaban J connectivity index is 2.31. The quantitative estimate of drug-likeness (QED) is 0.714. The van der Waals surface area contributed by atoms with Crippen molar-refractivity contribution in [3.63, 3.8) is 0 Å². The zero-order valence-corrected chi connectivity index (χ0v) is 11.7. The van der Waals surface area contributed by atoms with Crippen LogP contribution in [0.25, 0.3) is 0 Å². The molecule has 1 amide bonds. The highest BCUT2D eigenvalue weighted by atomic mass is 32.2. The van der Waals surface area contributed by atoms with Gasteiger partial charge in [-0.3, -0.25) is 4.79 Å². The summed E-state index contributed by atoms with van der Waals surface area (Å²) >= 11 is 1.95. The second-order valence-electron chi connectivity index (χ2n) is 4.64. The van der Waals surface area contributed by atoms with Gasteiger partial charge < -0.3 is 10.6 Å². The van der Waals surface area contributed by atoms with E-state index in [0.717, 1.165) is 5.25 Å². The molecular formula is C13H24N2OS. The average molecular weight is 256 g/mol. The molecule has 0 heterocycles. The Hall–Kier alpha value is -0.480. The minimum absolute atomic E-state index is 0.0659. The van der Waals surface area contributed by atoms with Gasteiger partial charge in [-0.2, -0.15) is 11.8 Å². The molecule has 0 radical (unpaired) electrons. The molecule has 0 spiro atoms. The molecule has 0 aliphatic heterocycles. The van der Waals surface area contributed by atoms with Crippen molar-refractivity contribution in [3.8, 4) is 0 Å². The molecule has 1 fully saturated rings. The second kappa shape index (κ2) is 7.77. The molecule has 0 aromatic rings. The predicted molar refractivity (Wildman–Crippen MR) is 75.4 cm³/mol. The first-order chi connectivity index (χ1) is 8.17. The van der Waals surface area contributed by atoms with E-state index in [0.29, 0.717) is 12.6 Å². The smallest absolute Gasteiger partial charge is 0.237 e. The molecule has 1 aliphatic carbocycles. The lowest BCUT2D eigenvalue weighted by Crippen LogP contribution is -2.48. The van der Waals surface area contributed by atoms with Crippen LogP contribution in [0.3, 0.4) is 0 Å². The molecule has 3 nitrogen and oxygen atoms in total. The number of rotatable bonds is 6. The van der Waals surface area contributed by atoms with Crippen molar-refractivity contribution in [2.45, 2.75) is 49.9 Å². The Morgan fingerprint density at radius 2 is 2.35 bits per heavy atom. The van der Waals surface area contributed by atoms with Crippen LogP contribution in [0.2, 0.25) is 0 Å². The summed E-state index contributed by atoms with van der Waals surface area (Å²) in [5.41, 5.74) is 0. The van der Waals surface area contributed by atoms with E-state index in [2.05, 4.69) is 23.5 Å². The van der Waals surface area contributed by atoms with E-state index in [-0.39, 0.29) is 11.9 Å². The van der Waals surface area contributed by atoms with E-state index >= 15 is 0 Å². The summed E-state index contributed by atoms with van der Waals surface area (Å²) in [6, 6.07) is 0.381. The van der Waals surface area contributed by atoms with Crippen molar-refractivity contribution < 1.29 is 4.79 Å². The Morgan fingerprint density at radius 3 is 3.00 bits per heavy atom. The molecule has 0 bridgehead atoms. The first-order valence-electron chi connectivity index (χ1n) is 6.34. The Bertz CT molecular complexity index is 258. The van der Waals surface area contributed by atoms with E-state index in [1.165, 1.54) is 25.7 Å². The average Bonchev–Trinajstić information content (AvgIpc) is 2.36. The molecule has 3 unspecified atom stereocenters. The van der Waals surface area contributed by atoms with Crippen LogP contribution in [-0.4, -0.2) is 36.0 Å². The third-order valence-electron chi connectivity index (χ3n) is 3.26. The van der Waals surface area contributed by atoms with Crippen LogP contribution in [0.5, 0.6) is 0 Å². The number of hydrogen-bond donors (Lipinski definition) is 2. The van der Waals surface area contributed by atoms with Gasteiger partial charge in [0.05, 0.1) is 6.04 Å². The molecule has 1 rings (SSSR count). The summed E-state index contributed by atoms with van der Waals surface area (Å²) in [5, 5.41) is 7.01. The van der Waals surface area contributed by atoms with Gasteiger partial charge in [-0.15, -0.1) is 6.58 Å². The molecule has 0 aromatic heterocycles. The van der Waals surface area contributed by atoms with Crippen molar-refractivity contribution >= 4 is 17.7 Å². The van der Waals surface area contributed by atoms with Gasteiger partial charge in [-0.1, -0.05) is 12.5 Å². The number of nitrogens with one attached hydrogen (secondary N) is 2. The van der Waals surface area contributed by atoms with Gasteiger partial charge in [0.1, 0.15) is 0 Å². The van der Waals surface area contributed by atoms with Gasteiger partial charge in [0.2, 0.25) is 5.91 Å². The number of amides is 1. The molecule has 0 aromatic carbocycles. The fourth-order valence-corrected chi connectivity index (χ4v) is 3.09. The number of carbonyl (C=O) groups is 1. The van der Waals surface area contributed by atoms with E-state index < -0.39 is 0 Å². The monoisotopic (exact) mass is 256 g/mol. The standard InChI is InChI=1S/C13H24N2OS/c1-4-8-14-13(16)10(2)15-11-6-5-7-12(9-11)17-3/h4,10-12,15H,1,5-9H2,2-3H3,(H,14,16). The van der Waals surface area contributed by atoms with Crippen molar-refractivity contribution in [1.82, 2.24) is 10.6 Å². The van der Waals surface area contributed by atoms with Crippen LogP contribution in [0.15, 0.2) is 12.7 Å². The maximum Gasteiger partial charge on any atom is 0.237 e. The molecular weight excluding hydrogens is 232 g/mol. The summed E-state index contributed by atoms with van der Waals surface area (Å²) in [7, 11) is 0. The van der Waals surface area contributed by atoms with Gasteiger partial charge in [-0.05, 0) is 32.4 Å². The predicted octanol–water partition coefficient (Wildman–Crippen LogP) is 1.94. The van der Waals surface area contributed by atoms with Gasteiger partial charge in [0.15, 0.2) is 0 Å². The zero-order chi connectivity index (χ0) is 12.7. The maximum absolute atomic E-state index is 11.7. The van der Waals surface area contributed by atoms with E-state index in [4.69, 9.17) is 0 Å². The lowest BCUT2D eigenvalue weighted by Gasteiger charge is -2.30. The Labute approximate surface area is 109 Å². The van der Waals surface area contributed by atoms with Crippen molar-refractivity contribution in [3.05, 3.63) is 12.7 Å². The van der Waals surface area contributed by atoms with Gasteiger partial charge >= 0.3 is 0 Å². The Morgan fingerprint density at radius 1 is 1.59 bits per heavy atom. The van der Waals surface area contributed by atoms with Gasteiger partial charge in [0.25, 0.3) is 0 Å². The van der Waals surface area contributed by atoms with Gasteiger partial charge in [-0.25, -0.2) is 0 Å². The third kappa shape index (κ3) is 5.13. The second-order valence-corrected chi connectivity index (χ2v) is 5.78. The highest BCUT2D eigenvalue weighted by molar-refractivity contribution is 7.99. The fourth-order valence-electron chi connectivity index (χ4n) is 2.27. The molecule has 0 saturated heterocycles. The topological polar surface area (TPSA) is 41.1 Å². The van der Waals surface area contributed by atoms with Crippen LogP contribution in [0.1, 0.15) is 32.6 Å². The first kappa shape index (κ1) is 14.6. The van der Waals surface area contributed by atoms with E-state index in [1.54, 1.807) is 6.08 Å². The van der Waals surface area contributed by atoms with Crippen LogP contribution in [-0.2, 0) is 4.79 Å². The van der Waals surface area contributed by atoms with Crippen molar-refractivity contribution in [2.24, 2.45) is 0 Å². The summed E-state index contributed by atoms with van der Waals surface area (Å²) in [6.45, 7) is 6.07. The van der Waals surface area contributed by atoms with E-state index in [9.17, 15) is 4.79 Å². The highest BCUT2D eigenvalue weighted by Gasteiger charge is 2.24. The zero-order valence-electron chi connectivity index (χ0n) is 10.9. The molecule has 4 heteroatoms. The fraction of sp³-hybridized carbons (Fsp3) is 0.769. The molecule has 1 saturated carbocycles. The SMILES string of the molecule is C=CCNC(=O)C(C)NC1CCCC(SC)C1. The van der Waals surface area contributed by atoms with Crippen LogP contribution in [0.4, 0.5) is 0 Å². The Kier molecular flexibility index (Phi) is 6.66. The summed E-state index contributed by atoms with van der Waals surface area (Å²) in [6.07, 6.45) is 8.83. The molecule has 1 aliphatic rings. The summed E-state index contributed by atoms with van der Waals surface area (Å²) in [5.74, 6) is 0.0659. The molecule has 98 valence electrons. The number of thioether (sulfide) groups is 1. The lowest BCUT2D eigenvalue weighted by atomic mass is 9.94. The molecule has 2 N–H and O–H groups in total. The minimum atomic E-state index is -0.111. The van der Waals surface area contributed by atoms with Crippen molar-refractivity contribution in [1.29, 1.82) is 0 Å². The van der Waals surface area contributed by atoms with E-state index in [1.807, 2.05) is 18.7 Å². The normalized spacial score (nSPS) is 26.2. The lowest BCUT2D eigenvalue weighted by molar-refractivity contribution is -0.122. The highest BCUT2D eigenvalue weighted by Crippen LogP contribution is 2.27. The maximum atomic E-state index is 11.7. The number of hydrogen-bond acceptors (Lipinski definition) is 3. The minimum Gasteiger partial charge on any atom is -0.351 e. The first-order valence-corrected chi connectivity index (χ1v) is 7.63. The van der Waals surface area contributed by atoms with Crippen molar-refractivity contribution in [2.75, 3.05) is 12.8 Å². The molecule has 3 atom stereocenters. The molecule has 17 heavy (non-hydrogen) atoms. The van der Waals surface area contributed by atoms with Crippen LogP contribution >= 0.6 is 11.8 Å². The van der Waals surface area contributed by atoms with Gasteiger partial charge in [0, 0.05) is 17.8 Å². The summed E-state index contributed by atoms with van der Waals surface area (Å²) in [4.78, 5) is 11.7.